The first-order valence-electron chi connectivity index (χ1n) is 10.7. The lowest BCUT2D eigenvalue weighted by molar-refractivity contribution is -0.152. The molecule has 1 unspecified atom stereocenters. The number of carbonyl (C=O) groups is 1. The van der Waals surface area contributed by atoms with Gasteiger partial charge in [0.1, 0.15) is 0 Å². The summed E-state index contributed by atoms with van der Waals surface area (Å²) < 4.78 is 16.0. The van der Waals surface area contributed by atoms with Crippen LogP contribution in [0.4, 0.5) is 0 Å². The Balaban J connectivity index is 3.66. The molecule has 0 N–H and O–H groups in total. The number of esters is 1. The second-order valence-electron chi connectivity index (χ2n) is 8.03. The molecular weight excluding hydrogens is 360 g/mol. The number of unbranched alkanes of at least 4 members (excludes halogenated alkanes) is 9. The molecule has 0 aliphatic heterocycles. The summed E-state index contributed by atoms with van der Waals surface area (Å²) in [4.78, 5) is 12.3. The van der Waals surface area contributed by atoms with E-state index < -0.39 is 5.41 Å². The van der Waals surface area contributed by atoms with Crippen LogP contribution in [0.1, 0.15) is 85.0 Å². The Kier molecular flexibility index (Phi) is 17.6. The van der Waals surface area contributed by atoms with Crippen molar-refractivity contribution in [3.05, 3.63) is 0 Å². The number of carbonyl (C=O) groups excluding carboxylic acids is 1. The molecule has 0 rings (SSSR count). The van der Waals surface area contributed by atoms with E-state index >= 15 is 0 Å². The van der Waals surface area contributed by atoms with E-state index in [0.717, 1.165) is 24.3 Å². The third-order valence-electron chi connectivity index (χ3n) is 4.74. The lowest BCUT2D eigenvalue weighted by Crippen LogP contribution is -2.30. The maximum Gasteiger partial charge on any atom is 0.312 e. The van der Waals surface area contributed by atoms with Crippen molar-refractivity contribution < 1.29 is 19.0 Å². The minimum absolute atomic E-state index is 0.0680. The van der Waals surface area contributed by atoms with Gasteiger partial charge in [-0.25, -0.2) is 0 Å². The molecule has 5 heteroatoms. The number of hydrogen-bond acceptors (Lipinski definition) is 5. The topological polar surface area (TPSA) is 44.8 Å². The molecule has 0 bridgehead atoms. The van der Waals surface area contributed by atoms with E-state index in [4.69, 9.17) is 14.2 Å². The highest BCUT2D eigenvalue weighted by atomic mass is 32.2. The Labute approximate surface area is 172 Å². The van der Waals surface area contributed by atoms with Gasteiger partial charge in [0.25, 0.3) is 0 Å². The summed E-state index contributed by atoms with van der Waals surface area (Å²) in [6, 6.07) is 0. The van der Waals surface area contributed by atoms with Crippen molar-refractivity contribution in [3.8, 4) is 0 Å². The molecule has 0 amide bonds. The van der Waals surface area contributed by atoms with Gasteiger partial charge < -0.3 is 14.2 Å². The van der Waals surface area contributed by atoms with Crippen molar-refractivity contribution in [1.29, 1.82) is 0 Å². The predicted octanol–water partition coefficient (Wildman–Crippen LogP) is 5.87. The molecule has 0 heterocycles. The Morgan fingerprint density at radius 2 is 1.48 bits per heavy atom. The lowest BCUT2D eigenvalue weighted by Gasteiger charge is -2.23. The van der Waals surface area contributed by atoms with Gasteiger partial charge in [-0.05, 0) is 20.3 Å². The molecule has 0 saturated heterocycles. The first kappa shape index (κ1) is 26.7. The van der Waals surface area contributed by atoms with Crippen LogP contribution in [-0.4, -0.2) is 51.0 Å². The largest absolute Gasteiger partial charge is 0.465 e. The van der Waals surface area contributed by atoms with Gasteiger partial charge >= 0.3 is 5.97 Å². The van der Waals surface area contributed by atoms with Crippen LogP contribution in [-0.2, 0) is 19.0 Å². The Morgan fingerprint density at radius 3 is 2.00 bits per heavy atom. The molecule has 0 fully saturated rings. The van der Waals surface area contributed by atoms with Gasteiger partial charge in [0.05, 0.1) is 24.7 Å². The van der Waals surface area contributed by atoms with Crippen molar-refractivity contribution in [2.75, 3.05) is 38.9 Å². The molecule has 162 valence electrons. The molecule has 1 atom stereocenters. The molecule has 0 aliphatic carbocycles. The van der Waals surface area contributed by atoms with Crippen LogP contribution < -0.4 is 0 Å². The summed E-state index contributed by atoms with van der Waals surface area (Å²) in [6.45, 7) is 7.30. The number of ether oxygens (including phenoxy) is 3. The van der Waals surface area contributed by atoms with Gasteiger partial charge in [-0.3, -0.25) is 4.79 Å². The van der Waals surface area contributed by atoms with Gasteiger partial charge in [-0.1, -0.05) is 64.7 Å². The first-order valence-corrected chi connectivity index (χ1v) is 11.9. The van der Waals surface area contributed by atoms with Gasteiger partial charge in [-0.15, -0.1) is 0 Å². The van der Waals surface area contributed by atoms with Crippen molar-refractivity contribution in [1.82, 2.24) is 0 Å². The van der Waals surface area contributed by atoms with Gasteiger partial charge in [0.2, 0.25) is 0 Å². The highest BCUT2D eigenvalue weighted by Gasteiger charge is 2.29. The zero-order chi connectivity index (χ0) is 20.4. The van der Waals surface area contributed by atoms with Crippen molar-refractivity contribution >= 4 is 17.7 Å². The minimum atomic E-state index is -0.464. The second-order valence-corrected chi connectivity index (χ2v) is 9.06. The quantitative estimate of drug-likeness (QED) is 0.199. The molecular formula is C22H44O4S. The highest BCUT2D eigenvalue weighted by molar-refractivity contribution is 7.99. The van der Waals surface area contributed by atoms with E-state index in [9.17, 15) is 4.79 Å². The van der Waals surface area contributed by atoms with Crippen LogP contribution in [0.2, 0.25) is 0 Å². The zero-order valence-corrected chi connectivity index (χ0v) is 19.3. The van der Waals surface area contributed by atoms with Gasteiger partial charge in [0, 0.05) is 25.7 Å². The number of methoxy groups -OCH3 is 2. The van der Waals surface area contributed by atoms with Crippen LogP contribution in [0.25, 0.3) is 0 Å². The summed E-state index contributed by atoms with van der Waals surface area (Å²) in [5, 5.41) is 0. The monoisotopic (exact) mass is 404 g/mol. The SMILES string of the molecule is CCCCCCCCCCCCOC(=O)C(C)(C)CSCC(COC)OC. The van der Waals surface area contributed by atoms with E-state index in [1.54, 1.807) is 26.0 Å². The average molecular weight is 405 g/mol. The fourth-order valence-electron chi connectivity index (χ4n) is 2.82. The number of thioether (sulfide) groups is 1. The van der Waals surface area contributed by atoms with Crippen LogP contribution in [0, 0.1) is 5.41 Å². The maximum absolute atomic E-state index is 12.3. The second kappa shape index (κ2) is 17.8. The standard InChI is InChI=1S/C22H44O4S/c1-6-7-8-9-10-11-12-13-14-15-16-26-21(23)22(2,3)19-27-18-20(25-5)17-24-4/h20H,6-19H2,1-5H3. The summed E-state index contributed by atoms with van der Waals surface area (Å²) in [7, 11) is 3.36. The lowest BCUT2D eigenvalue weighted by atomic mass is 9.97. The molecule has 0 spiro atoms. The fraction of sp³-hybridized carbons (Fsp3) is 0.955. The number of rotatable bonds is 19. The molecule has 0 aliphatic rings. The third kappa shape index (κ3) is 15.4. The smallest absolute Gasteiger partial charge is 0.312 e. The van der Waals surface area contributed by atoms with Crippen molar-refractivity contribution in [2.45, 2.75) is 91.1 Å². The van der Waals surface area contributed by atoms with E-state index in [2.05, 4.69) is 6.92 Å². The fourth-order valence-corrected chi connectivity index (χ4v) is 4.07. The van der Waals surface area contributed by atoms with Crippen LogP contribution in [0.5, 0.6) is 0 Å². The van der Waals surface area contributed by atoms with Gasteiger partial charge in [-0.2, -0.15) is 11.8 Å². The van der Waals surface area contributed by atoms with Crippen molar-refractivity contribution in [3.63, 3.8) is 0 Å². The maximum atomic E-state index is 12.3. The van der Waals surface area contributed by atoms with Crippen LogP contribution in [0.15, 0.2) is 0 Å². The zero-order valence-electron chi connectivity index (χ0n) is 18.5. The van der Waals surface area contributed by atoms with E-state index in [0.29, 0.717) is 13.2 Å². The molecule has 0 aromatic carbocycles. The number of hydrogen-bond donors (Lipinski definition) is 0. The first-order chi connectivity index (χ1) is 13.0. The molecule has 27 heavy (non-hydrogen) atoms. The highest BCUT2D eigenvalue weighted by Crippen LogP contribution is 2.24. The van der Waals surface area contributed by atoms with Crippen LogP contribution in [0.3, 0.4) is 0 Å². The molecule has 0 saturated carbocycles. The van der Waals surface area contributed by atoms with E-state index in [1.165, 1.54) is 51.4 Å². The normalized spacial score (nSPS) is 12.9. The Bertz CT molecular complexity index is 347. The summed E-state index contributed by atoms with van der Waals surface area (Å²) >= 11 is 1.71. The minimum Gasteiger partial charge on any atom is -0.465 e. The van der Waals surface area contributed by atoms with Crippen LogP contribution >= 0.6 is 11.8 Å². The average Bonchev–Trinajstić information content (AvgIpc) is 2.65. The third-order valence-corrected chi connectivity index (χ3v) is 6.27. The predicted molar refractivity (Wildman–Crippen MR) is 117 cm³/mol. The summed E-state index contributed by atoms with van der Waals surface area (Å²) in [6.07, 6.45) is 12.9. The summed E-state index contributed by atoms with van der Waals surface area (Å²) in [5.41, 5.74) is -0.464. The summed E-state index contributed by atoms with van der Waals surface area (Å²) in [5.74, 6) is 1.46. The molecule has 0 radical (unpaired) electrons. The Morgan fingerprint density at radius 1 is 0.926 bits per heavy atom. The van der Waals surface area contributed by atoms with E-state index in [1.807, 2.05) is 13.8 Å². The van der Waals surface area contributed by atoms with Crippen molar-refractivity contribution in [2.24, 2.45) is 5.41 Å². The molecule has 0 aromatic rings. The van der Waals surface area contributed by atoms with E-state index in [-0.39, 0.29) is 12.1 Å². The Hall–Kier alpha value is -0.260. The molecule has 4 nitrogen and oxygen atoms in total. The molecule has 0 aromatic heterocycles. The van der Waals surface area contributed by atoms with Gasteiger partial charge in [0.15, 0.2) is 0 Å².